The van der Waals surface area contributed by atoms with Crippen LogP contribution in [0.25, 0.3) is 0 Å². The standard InChI is InChI=1S/C13H21F3N2O2/c14-13(15,16)12(5-6-17-8-12)11(20)18-10-4-2-1-3-9(10)7-19/h9-10,17,19H,1-8H2,(H,18,20). The quantitative estimate of drug-likeness (QED) is 0.733. The number of rotatable bonds is 3. The molecule has 1 heterocycles. The summed E-state index contributed by atoms with van der Waals surface area (Å²) in [6.07, 6.45) is -1.57. The van der Waals surface area contributed by atoms with E-state index in [1.165, 1.54) is 0 Å². The Labute approximate surface area is 116 Å². The Hall–Kier alpha value is -0.820. The van der Waals surface area contributed by atoms with Crippen LogP contribution in [0.15, 0.2) is 0 Å². The van der Waals surface area contributed by atoms with Gasteiger partial charge < -0.3 is 15.7 Å². The monoisotopic (exact) mass is 294 g/mol. The van der Waals surface area contributed by atoms with Crippen molar-refractivity contribution in [3.8, 4) is 0 Å². The molecule has 0 aromatic rings. The van der Waals surface area contributed by atoms with Gasteiger partial charge in [-0.15, -0.1) is 0 Å². The summed E-state index contributed by atoms with van der Waals surface area (Å²) in [6, 6.07) is -0.346. The predicted octanol–water partition coefficient (Wildman–Crippen LogP) is 1.20. The van der Waals surface area contributed by atoms with Crippen LogP contribution < -0.4 is 10.6 Å². The van der Waals surface area contributed by atoms with Gasteiger partial charge >= 0.3 is 6.18 Å². The van der Waals surface area contributed by atoms with Crippen molar-refractivity contribution in [2.75, 3.05) is 19.7 Å². The van der Waals surface area contributed by atoms with Crippen molar-refractivity contribution < 1.29 is 23.1 Å². The van der Waals surface area contributed by atoms with Crippen LogP contribution in [0.5, 0.6) is 0 Å². The number of amides is 1. The first kappa shape index (κ1) is 15.6. The molecular formula is C13H21F3N2O2. The van der Waals surface area contributed by atoms with Gasteiger partial charge in [-0.05, 0) is 25.8 Å². The maximum Gasteiger partial charge on any atom is 0.404 e. The largest absolute Gasteiger partial charge is 0.404 e. The van der Waals surface area contributed by atoms with E-state index in [-0.39, 0.29) is 38.1 Å². The molecule has 0 spiro atoms. The second-order valence-electron chi connectivity index (χ2n) is 5.81. The highest BCUT2D eigenvalue weighted by Gasteiger charge is 2.61. The van der Waals surface area contributed by atoms with Gasteiger partial charge in [-0.3, -0.25) is 4.79 Å². The van der Waals surface area contributed by atoms with E-state index in [1.807, 2.05) is 0 Å². The lowest BCUT2D eigenvalue weighted by Gasteiger charge is -2.35. The van der Waals surface area contributed by atoms with Gasteiger partial charge in [0.1, 0.15) is 0 Å². The third kappa shape index (κ3) is 2.79. The minimum Gasteiger partial charge on any atom is -0.396 e. The highest BCUT2D eigenvalue weighted by Crippen LogP contribution is 2.43. The zero-order chi connectivity index (χ0) is 14.8. The summed E-state index contributed by atoms with van der Waals surface area (Å²) in [5, 5.41) is 14.5. The minimum absolute atomic E-state index is 0.0950. The first-order chi connectivity index (χ1) is 9.40. The topological polar surface area (TPSA) is 61.4 Å². The smallest absolute Gasteiger partial charge is 0.396 e. The van der Waals surface area contributed by atoms with Crippen LogP contribution >= 0.6 is 0 Å². The molecule has 3 unspecified atom stereocenters. The first-order valence-electron chi connectivity index (χ1n) is 7.10. The molecule has 1 aliphatic heterocycles. The fourth-order valence-electron chi connectivity index (χ4n) is 3.18. The van der Waals surface area contributed by atoms with E-state index in [2.05, 4.69) is 10.6 Å². The molecule has 0 radical (unpaired) electrons. The van der Waals surface area contributed by atoms with Crippen molar-refractivity contribution in [1.29, 1.82) is 0 Å². The number of aliphatic hydroxyl groups excluding tert-OH is 1. The van der Waals surface area contributed by atoms with Crippen LogP contribution in [-0.4, -0.2) is 42.9 Å². The molecule has 1 saturated carbocycles. The van der Waals surface area contributed by atoms with Gasteiger partial charge in [0, 0.05) is 25.1 Å². The number of carbonyl (C=O) groups is 1. The molecule has 2 aliphatic rings. The number of aliphatic hydroxyl groups is 1. The van der Waals surface area contributed by atoms with Gasteiger partial charge in [-0.2, -0.15) is 13.2 Å². The van der Waals surface area contributed by atoms with Gasteiger partial charge in [-0.25, -0.2) is 0 Å². The highest BCUT2D eigenvalue weighted by atomic mass is 19.4. The molecule has 3 atom stereocenters. The van der Waals surface area contributed by atoms with Crippen LogP contribution in [0.4, 0.5) is 13.2 Å². The second kappa shape index (κ2) is 5.89. The molecule has 2 rings (SSSR count). The molecule has 1 aliphatic carbocycles. The van der Waals surface area contributed by atoms with Crippen LogP contribution in [0.1, 0.15) is 32.1 Å². The van der Waals surface area contributed by atoms with Crippen molar-refractivity contribution >= 4 is 5.91 Å². The summed E-state index contributed by atoms with van der Waals surface area (Å²) in [6.45, 7) is -0.262. The lowest BCUT2D eigenvalue weighted by molar-refractivity contribution is -0.216. The Kier molecular flexibility index (Phi) is 4.59. The molecule has 116 valence electrons. The number of alkyl halides is 3. The third-order valence-electron chi connectivity index (χ3n) is 4.59. The summed E-state index contributed by atoms with van der Waals surface area (Å²) >= 11 is 0. The molecule has 1 saturated heterocycles. The fourth-order valence-corrected chi connectivity index (χ4v) is 3.18. The van der Waals surface area contributed by atoms with Crippen molar-refractivity contribution in [2.45, 2.75) is 44.3 Å². The Bertz CT molecular complexity index is 354. The summed E-state index contributed by atoms with van der Waals surface area (Å²) in [4.78, 5) is 12.2. The molecule has 7 heteroatoms. The zero-order valence-corrected chi connectivity index (χ0v) is 11.3. The van der Waals surface area contributed by atoms with Gasteiger partial charge in [-0.1, -0.05) is 12.8 Å². The van der Waals surface area contributed by atoms with E-state index < -0.39 is 17.5 Å². The zero-order valence-electron chi connectivity index (χ0n) is 11.3. The van der Waals surface area contributed by atoms with Crippen LogP contribution in [0.2, 0.25) is 0 Å². The summed E-state index contributed by atoms with van der Waals surface area (Å²) in [5.41, 5.74) is -2.32. The van der Waals surface area contributed by atoms with Crippen LogP contribution in [0, 0.1) is 11.3 Å². The van der Waals surface area contributed by atoms with Crippen molar-refractivity contribution in [1.82, 2.24) is 10.6 Å². The molecule has 0 aromatic heterocycles. The Morgan fingerprint density at radius 1 is 1.35 bits per heavy atom. The average Bonchev–Trinajstić information content (AvgIpc) is 2.89. The number of carbonyl (C=O) groups excluding carboxylic acids is 1. The van der Waals surface area contributed by atoms with Crippen molar-refractivity contribution in [3.63, 3.8) is 0 Å². The summed E-state index contributed by atoms with van der Waals surface area (Å²) < 4.78 is 39.7. The predicted molar refractivity (Wildman–Crippen MR) is 66.9 cm³/mol. The molecule has 0 aromatic carbocycles. The van der Waals surface area contributed by atoms with E-state index in [9.17, 15) is 23.1 Å². The molecule has 4 nitrogen and oxygen atoms in total. The Balaban J connectivity index is 2.09. The number of halogens is 3. The molecular weight excluding hydrogens is 273 g/mol. The number of nitrogens with one attached hydrogen (secondary N) is 2. The van der Waals surface area contributed by atoms with Gasteiger partial charge in [0.05, 0.1) is 0 Å². The van der Waals surface area contributed by atoms with Gasteiger partial charge in [0.2, 0.25) is 5.91 Å². The van der Waals surface area contributed by atoms with Gasteiger partial charge in [0.15, 0.2) is 5.41 Å². The SMILES string of the molecule is O=C(NC1CCCCC1CO)C1(C(F)(F)F)CCNC1. The van der Waals surface area contributed by atoms with E-state index in [0.717, 1.165) is 19.3 Å². The van der Waals surface area contributed by atoms with E-state index >= 15 is 0 Å². The van der Waals surface area contributed by atoms with Crippen LogP contribution in [0.3, 0.4) is 0 Å². The average molecular weight is 294 g/mol. The fraction of sp³-hybridized carbons (Fsp3) is 0.923. The molecule has 0 bridgehead atoms. The third-order valence-corrected chi connectivity index (χ3v) is 4.59. The van der Waals surface area contributed by atoms with E-state index in [1.54, 1.807) is 0 Å². The Morgan fingerprint density at radius 3 is 2.60 bits per heavy atom. The normalized spacial score (nSPS) is 35.0. The summed E-state index contributed by atoms with van der Waals surface area (Å²) in [5.74, 6) is -1.08. The van der Waals surface area contributed by atoms with Crippen LogP contribution in [-0.2, 0) is 4.79 Å². The summed E-state index contributed by atoms with van der Waals surface area (Å²) in [7, 11) is 0. The minimum atomic E-state index is -4.55. The molecule has 3 N–H and O–H groups in total. The van der Waals surface area contributed by atoms with Crippen molar-refractivity contribution in [2.24, 2.45) is 11.3 Å². The molecule has 2 fully saturated rings. The van der Waals surface area contributed by atoms with Gasteiger partial charge in [0.25, 0.3) is 0 Å². The number of hydrogen-bond donors (Lipinski definition) is 3. The first-order valence-corrected chi connectivity index (χ1v) is 7.10. The molecule has 1 amide bonds. The Morgan fingerprint density at radius 2 is 2.05 bits per heavy atom. The number of hydrogen-bond acceptors (Lipinski definition) is 3. The van der Waals surface area contributed by atoms with Crippen molar-refractivity contribution in [3.05, 3.63) is 0 Å². The second-order valence-corrected chi connectivity index (χ2v) is 5.81. The van der Waals surface area contributed by atoms with E-state index in [0.29, 0.717) is 6.42 Å². The highest BCUT2D eigenvalue weighted by molar-refractivity contribution is 5.84. The lowest BCUT2D eigenvalue weighted by Crippen LogP contribution is -2.56. The lowest BCUT2D eigenvalue weighted by atomic mass is 9.81. The van der Waals surface area contributed by atoms with E-state index in [4.69, 9.17) is 0 Å². The maximum absolute atomic E-state index is 13.2. The molecule has 20 heavy (non-hydrogen) atoms. The maximum atomic E-state index is 13.2.